The largest absolute Gasteiger partial charge is 0.493 e. The number of carbonyl (C=O) groups excluding carboxylic acids is 2. The first-order valence-corrected chi connectivity index (χ1v) is 7.25. The molecule has 0 aromatic heterocycles. The Labute approximate surface area is 130 Å². The molecule has 0 aliphatic carbocycles. The lowest BCUT2D eigenvalue weighted by Crippen LogP contribution is -2.08. The maximum Gasteiger partial charge on any atom is 0.338 e. The van der Waals surface area contributed by atoms with Crippen LogP contribution in [-0.2, 0) is 14.3 Å². The zero-order valence-corrected chi connectivity index (χ0v) is 13.2. The maximum atomic E-state index is 11.7. The van der Waals surface area contributed by atoms with Crippen molar-refractivity contribution in [1.82, 2.24) is 0 Å². The molecule has 0 bridgehead atoms. The molecule has 0 atom stereocenters. The Morgan fingerprint density at radius 3 is 2.41 bits per heavy atom. The van der Waals surface area contributed by atoms with Gasteiger partial charge in [0.15, 0.2) is 11.5 Å². The minimum absolute atomic E-state index is 0.240. The van der Waals surface area contributed by atoms with E-state index in [1.807, 2.05) is 0 Å². The van der Waals surface area contributed by atoms with E-state index >= 15 is 0 Å². The molecule has 0 saturated carbocycles. The lowest BCUT2D eigenvalue weighted by Gasteiger charge is -2.11. The second-order valence-electron chi connectivity index (χ2n) is 4.34. The van der Waals surface area contributed by atoms with Crippen LogP contribution in [0.3, 0.4) is 0 Å². The second-order valence-corrected chi connectivity index (χ2v) is 4.34. The molecule has 6 heteroatoms. The van der Waals surface area contributed by atoms with Gasteiger partial charge in [-0.05, 0) is 38.5 Å². The Balaban J connectivity index is 2.56. The lowest BCUT2D eigenvalue weighted by molar-refractivity contribution is -0.143. The molecule has 1 aromatic carbocycles. The molecule has 0 radical (unpaired) electrons. The monoisotopic (exact) mass is 310 g/mol. The molecule has 0 spiro atoms. The second kappa shape index (κ2) is 9.65. The first-order chi connectivity index (χ1) is 10.6. The van der Waals surface area contributed by atoms with Gasteiger partial charge in [-0.3, -0.25) is 4.79 Å². The van der Waals surface area contributed by atoms with Crippen molar-refractivity contribution in [2.24, 2.45) is 0 Å². The summed E-state index contributed by atoms with van der Waals surface area (Å²) >= 11 is 0. The van der Waals surface area contributed by atoms with Crippen molar-refractivity contribution in [2.45, 2.75) is 26.7 Å². The molecule has 0 aliphatic heterocycles. The molecule has 0 unspecified atom stereocenters. The summed E-state index contributed by atoms with van der Waals surface area (Å²) in [5, 5.41) is 0. The molecule has 6 nitrogen and oxygen atoms in total. The van der Waals surface area contributed by atoms with E-state index in [2.05, 4.69) is 0 Å². The molecular weight excluding hydrogens is 288 g/mol. The smallest absolute Gasteiger partial charge is 0.338 e. The van der Waals surface area contributed by atoms with Crippen molar-refractivity contribution in [2.75, 3.05) is 26.9 Å². The minimum atomic E-state index is -0.408. The molecule has 0 fully saturated rings. The van der Waals surface area contributed by atoms with Crippen LogP contribution in [0.2, 0.25) is 0 Å². The molecule has 0 aliphatic rings. The summed E-state index contributed by atoms with van der Waals surface area (Å²) in [5.74, 6) is 0.312. The number of esters is 2. The first-order valence-electron chi connectivity index (χ1n) is 7.25. The fourth-order valence-electron chi connectivity index (χ4n) is 1.76. The van der Waals surface area contributed by atoms with Crippen LogP contribution in [-0.4, -0.2) is 38.9 Å². The Bertz CT molecular complexity index is 497. The SMILES string of the molecule is CCOC(=O)CCCOc1ccc(C(=O)OCC)cc1OC. The Hall–Kier alpha value is -2.24. The minimum Gasteiger partial charge on any atom is -0.493 e. The standard InChI is InChI=1S/C16H22O6/c1-4-20-15(17)7-6-10-22-13-9-8-12(11-14(13)19-3)16(18)21-5-2/h8-9,11H,4-7,10H2,1-3H3. The topological polar surface area (TPSA) is 71.1 Å². The average Bonchev–Trinajstić information content (AvgIpc) is 2.52. The molecule has 22 heavy (non-hydrogen) atoms. The van der Waals surface area contributed by atoms with Gasteiger partial charge in [-0.1, -0.05) is 0 Å². The van der Waals surface area contributed by atoms with Crippen LogP contribution >= 0.6 is 0 Å². The summed E-state index contributed by atoms with van der Waals surface area (Å²) in [6, 6.07) is 4.83. The third-order valence-electron chi connectivity index (χ3n) is 2.76. The predicted octanol–water partition coefficient (Wildman–Crippen LogP) is 2.59. The zero-order valence-electron chi connectivity index (χ0n) is 13.2. The zero-order chi connectivity index (χ0) is 16.4. The first kappa shape index (κ1) is 17.8. The molecule has 0 amide bonds. The number of methoxy groups -OCH3 is 1. The average molecular weight is 310 g/mol. The van der Waals surface area contributed by atoms with E-state index in [9.17, 15) is 9.59 Å². The van der Waals surface area contributed by atoms with E-state index in [1.54, 1.807) is 32.0 Å². The van der Waals surface area contributed by atoms with Crippen LogP contribution in [0.1, 0.15) is 37.0 Å². The highest BCUT2D eigenvalue weighted by Crippen LogP contribution is 2.28. The van der Waals surface area contributed by atoms with Crippen molar-refractivity contribution in [1.29, 1.82) is 0 Å². The number of ether oxygens (including phenoxy) is 4. The highest BCUT2D eigenvalue weighted by Gasteiger charge is 2.12. The van der Waals surface area contributed by atoms with Gasteiger partial charge < -0.3 is 18.9 Å². The number of benzene rings is 1. The predicted molar refractivity (Wildman–Crippen MR) is 80.3 cm³/mol. The van der Waals surface area contributed by atoms with E-state index in [0.29, 0.717) is 49.7 Å². The van der Waals surface area contributed by atoms with Gasteiger partial charge in [-0.2, -0.15) is 0 Å². The molecule has 0 heterocycles. The maximum absolute atomic E-state index is 11.7. The van der Waals surface area contributed by atoms with Crippen LogP contribution in [0, 0.1) is 0 Å². The van der Waals surface area contributed by atoms with Gasteiger partial charge in [0.05, 0.1) is 32.5 Å². The van der Waals surface area contributed by atoms with E-state index in [0.717, 1.165) is 0 Å². The Kier molecular flexibility index (Phi) is 7.81. The van der Waals surface area contributed by atoms with Crippen LogP contribution in [0.5, 0.6) is 11.5 Å². The van der Waals surface area contributed by atoms with E-state index in [1.165, 1.54) is 7.11 Å². The van der Waals surface area contributed by atoms with E-state index in [-0.39, 0.29) is 5.97 Å². The van der Waals surface area contributed by atoms with Crippen molar-refractivity contribution in [3.63, 3.8) is 0 Å². The van der Waals surface area contributed by atoms with Gasteiger partial charge in [0.25, 0.3) is 0 Å². The summed E-state index contributed by atoms with van der Waals surface area (Å²) in [6.45, 7) is 4.56. The van der Waals surface area contributed by atoms with Crippen molar-refractivity contribution in [3.05, 3.63) is 23.8 Å². The van der Waals surface area contributed by atoms with Crippen molar-refractivity contribution >= 4 is 11.9 Å². The van der Waals surface area contributed by atoms with Gasteiger partial charge in [0.1, 0.15) is 0 Å². The summed E-state index contributed by atoms with van der Waals surface area (Å²) in [6.07, 6.45) is 0.846. The molecule has 1 rings (SSSR count). The van der Waals surface area contributed by atoms with Crippen LogP contribution in [0.15, 0.2) is 18.2 Å². The van der Waals surface area contributed by atoms with Gasteiger partial charge in [-0.25, -0.2) is 4.79 Å². The molecule has 0 N–H and O–H groups in total. The highest BCUT2D eigenvalue weighted by atomic mass is 16.5. The van der Waals surface area contributed by atoms with Gasteiger partial charge >= 0.3 is 11.9 Å². The summed E-state index contributed by atoms with van der Waals surface area (Å²) < 4.78 is 20.5. The lowest BCUT2D eigenvalue weighted by atomic mass is 10.2. The van der Waals surface area contributed by atoms with Crippen molar-refractivity contribution < 1.29 is 28.5 Å². The molecule has 1 aromatic rings. The quantitative estimate of drug-likeness (QED) is 0.516. The van der Waals surface area contributed by atoms with Gasteiger partial charge in [0, 0.05) is 6.42 Å². The van der Waals surface area contributed by atoms with Crippen LogP contribution in [0.25, 0.3) is 0 Å². The number of rotatable bonds is 9. The third kappa shape index (κ3) is 5.63. The number of hydrogen-bond donors (Lipinski definition) is 0. The van der Waals surface area contributed by atoms with Crippen molar-refractivity contribution in [3.8, 4) is 11.5 Å². The third-order valence-corrected chi connectivity index (χ3v) is 2.76. The summed E-state index contributed by atoms with van der Waals surface area (Å²) in [5.41, 5.74) is 0.401. The summed E-state index contributed by atoms with van der Waals surface area (Å²) in [7, 11) is 1.50. The van der Waals surface area contributed by atoms with Gasteiger partial charge in [0.2, 0.25) is 0 Å². The molecule has 122 valence electrons. The van der Waals surface area contributed by atoms with Crippen LogP contribution < -0.4 is 9.47 Å². The Morgan fingerprint density at radius 1 is 1.05 bits per heavy atom. The van der Waals surface area contributed by atoms with Gasteiger partial charge in [-0.15, -0.1) is 0 Å². The van der Waals surface area contributed by atoms with E-state index < -0.39 is 5.97 Å². The van der Waals surface area contributed by atoms with Crippen LogP contribution in [0.4, 0.5) is 0 Å². The molecule has 0 saturated heterocycles. The normalized spacial score (nSPS) is 9.95. The fourth-order valence-corrected chi connectivity index (χ4v) is 1.76. The highest BCUT2D eigenvalue weighted by molar-refractivity contribution is 5.90. The van der Waals surface area contributed by atoms with E-state index in [4.69, 9.17) is 18.9 Å². The fraction of sp³-hybridized carbons (Fsp3) is 0.500. The number of carbonyl (C=O) groups is 2. The summed E-state index contributed by atoms with van der Waals surface area (Å²) in [4.78, 5) is 22.9. The molecular formula is C16H22O6. The Morgan fingerprint density at radius 2 is 1.77 bits per heavy atom. The number of hydrogen-bond acceptors (Lipinski definition) is 6.